The van der Waals surface area contributed by atoms with Gasteiger partial charge in [0.1, 0.15) is 5.69 Å². The predicted molar refractivity (Wildman–Crippen MR) is 91.2 cm³/mol. The van der Waals surface area contributed by atoms with Gasteiger partial charge in [0, 0.05) is 30.1 Å². The summed E-state index contributed by atoms with van der Waals surface area (Å²) in [5.41, 5.74) is 3.90. The van der Waals surface area contributed by atoms with Crippen molar-refractivity contribution in [3.05, 3.63) is 47.2 Å². The fraction of sp³-hybridized carbons (Fsp3) is 0.235. The molecule has 0 aliphatic rings. The number of carbonyl (C=O) groups is 1. The number of aryl methyl sites for hydroxylation is 2. The number of carbonyl (C=O) groups excluding carboxylic acids is 1. The van der Waals surface area contributed by atoms with Gasteiger partial charge in [-0.15, -0.1) is 0 Å². The van der Waals surface area contributed by atoms with Gasteiger partial charge in [-0.25, -0.2) is 4.39 Å². The molecule has 0 saturated heterocycles. The highest BCUT2D eigenvalue weighted by Gasteiger charge is 2.17. The molecule has 0 fully saturated rings. The summed E-state index contributed by atoms with van der Waals surface area (Å²) in [5, 5.41) is 13.9. The molecule has 3 rings (SSSR count). The van der Waals surface area contributed by atoms with Gasteiger partial charge in [-0.1, -0.05) is 0 Å². The normalized spacial score (nSPS) is 10.8. The van der Waals surface area contributed by atoms with Crippen LogP contribution in [0.2, 0.25) is 0 Å². The van der Waals surface area contributed by atoms with E-state index in [0.717, 1.165) is 17.0 Å². The first-order valence-electron chi connectivity index (χ1n) is 7.61. The number of anilines is 1. The molecule has 3 aromatic rings. The van der Waals surface area contributed by atoms with E-state index >= 15 is 0 Å². The lowest BCUT2D eigenvalue weighted by Crippen LogP contribution is -2.12. The third-order valence-electron chi connectivity index (χ3n) is 4.00. The third kappa shape index (κ3) is 3.10. The van der Waals surface area contributed by atoms with Crippen molar-refractivity contribution in [1.82, 2.24) is 20.0 Å². The van der Waals surface area contributed by atoms with Crippen LogP contribution in [0.25, 0.3) is 11.3 Å². The number of aromatic nitrogens is 4. The van der Waals surface area contributed by atoms with E-state index in [9.17, 15) is 9.18 Å². The van der Waals surface area contributed by atoms with Gasteiger partial charge in [0.25, 0.3) is 5.91 Å². The average molecular weight is 343 g/mol. The van der Waals surface area contributed by atoms with E-state index in [4.69, 9.17) is 4.74 Å². The molecule has 0 aliphatic heterocycles. The molecule has 0 saturated carbocycles. The fourth-order valence-electron chi connectivity index (χ4n) is 2.65. The van der Waals surface area contributed by atoms with Crippen LogP contribution in [-0.4, -0.2) is 33.0 Å². The SMILES string of the molecule is COc1ccc(NC(=O)c2cc(-c3c(C)nn(C)c3C)n[nH]2)cc1F. The van der Waals surface area contributed by atoms with Crippen molar-refractivity contribution in [3.63, 3.8) is 0 Å². The molecule has 0 atom stereocenters. The minimum atomic E-state index is -0.549. The van der Waals surface area contributed by atoms with E-state index in [2.05, 4.69) is 20.6 Å². The van der Waals surface area contributed by atoms with Gasteiger partial charge in [0.05, 0.1) is 18.5 Å². The van der Waals surface area contributed by atoms with Crippen LogP contribution in [0, 0.1) is 19.7 Å². The minimum absolute atomic E-state index is 0.115. The molecular weight excluding hydrogens is 325 g/mol. The van der Waals surface area contributed by atoms with E-state index in [0.29, 0.717) is 11.4 Å². The topological polar surface area (TPSA) is 84.8 Å². The van der Waals surface area contributed by atoms with Crippen molar-refractivity contribution in [2.75, 3.05) is 12.4 Å². The number of hydrogen-bond donors (Lipinski definition) is 2. The molecule has 1 aromatic carbocycles. The number of benzene rings is 1. The largest absolute Gasteiger partial charge is 0.494 e. The first kappa shape index (κ1) is 16.7. The van der Waals surface area contributed by atoms with E-state index < -0.39 is 11.7 Å². The van der Waals surface area contributed by atoms with Crippen molar-refractivity contribution < 1.29 is 13.9 Å². The van der Waals surface area contributed by atoms with Crippen molar-refractivity contribution in [2.24, 2.45) is 7.05 Å². The first-order chi connectivity index (χ1) is 11.9. The lowest BCUT2D eigenvalue weighted by atomic mass is 10.1. The lowest BCUT2D eigenvalue weighted by Gasteiger charge is -2.06. The van der Waals surface area contributed by atoms with Crippen LogP contribution >= 0.6 is 0 Å². The number of rotatable bonds is 4. The van der Waals surface area contributed by atoms with Crippen molar-refractivity contribution >= 4 is 11.6 Å². The van der Waals surface area contributed by atoms with Gasteiger partial charge in [-0.05, 0) is 32.0 Å². The third-order valence-corrected chi connectivity index (χ3v) is 4.00. The maximum absolute atomic E-state index is 13.7. The van der Waals surface area contributed by atoms with Crippen LogP contribution in [0.3, 0.4) is 0 Å². The first-order valence-corrected chi connectivity index (χ1v) is 7.61. The Balaban J connectivity index is 1.82. The second-order valence-electron chi connectivity index (χ2n) is 5.64. The molecule has 2 N–H and O–H groups in total. The van der Waals surface area contributed by atoms with Crippen molar-refractivity contribution in [2.45, 2.75) is 13.8 Å². The van der Waals surface area contributed by atoms with E-state index in [1.165, 1.54) is 19.2 Å². The molecule has 0 aliphatic carbocycles. The molecule has 25 heavy (non-hydrogen) atoms. The molecule has 0 unspecified atom stereocenters. The zero-order valence-corrected chi connectivity index (χ0v) is 14.3. The summed E-state index contributed by atoms with van der Waals surface area (Å²) in [6, 6.07) is 5.86. The van der Waals surface area contributed by atoms with Gasteiger partial charge in [-0.2, -0.15) is 10.2 Å². The second kappa shape index (κ2) is 6.39. The smallest absolute Gasteiger partial charge is 0.273 e. The molecule has 0 spiro atoms. The van der Waals surface area contributed by atoms with Crippen LogP contribution in [0.1, 0.15) is 21.9 Å². The predicted octanol–water partition coefficient (Wildman–Crippen LogP) is 2.83. The monoisotopic (exact) mass is 343 g/mol. The molecule has 8 heteroatoms. The Morgan fingerprint density at radius 3 is 2.68 bits per heavy atom. The standard InChI is InChI=1S/C17H18FN5O2/c1-9-16(10(2)23(3)22-9)13-8-14(21-20-13)17(24)19-11-5-6-15(25-4)12(18)7-11/h5-8H,1-4H3,(H,19,24)(H,20,21). The minimum Gasteiger partial charge on any atom is -0.494 e. The van der Waals surface area contributed by atoms with Crippen LogP contribution in [0.4, 0.5) is 10.1 Å². The molecule has 0 radical (unpaired) electrons. The number of H-pyrrole nitrogens is 1. The number of hydrogen-bond acceptors (Lipinski definition) is 4. The summed E-state index contributed by atoms with van der Waals surface area (Å²) in [5.74, 6) is -0.848. The fourth-order valence-corrected chi connectivity index (χ4v) is 2.65. The summed E-state index contributed by atoms with van der Waals surface area (Å²) >= 11 is 0. The zero-order chi connectivity index (χ0) is 18.1. The Labute approximate surface area is 143 Å². The number of amides is 1. The van der Waals surface area contributed by atoms with Crippen molar-refractivity contribution in [1.29, 1.82) is 0 Å². The molecule has 130 valence electrons. The highest BCUT2D eigenvalue weighted by atomic mass is 19.1. The Hall–Kier alpha value is -3.16. The maximum atomic E-state index is 13.7. The Morgan fingerprint density at radius 1 is 1.32 bits per heavy atom. The molecular formula is C17H18FN5O2. The zero-order valence-electron chi connectivity index (χ0n) is 14.3. The quantitative estimate of drug-likeness (QED) is 0.763. The molecule has 0 bridgehead atoms. The Kier molecular flexibility index (Phi) is 4.26. The Bertz CT molecular complexity index is 945. The number of aromatic amines is 1. The Morgan fingerprint density at radius 2 is 2.08 bits per heavy atom. The lowest BCUT2D eigenvalue weighted by molar-refractivity contribution is 0.102. The van der Waals surface area contributed by atoms with Gasteiger partial charge in [0.15, 0.2) is 11.6 Å². The van der Waals surface area contributed by atoms with Crippen LogP contribution < -0.4 is 10.1 Å². The number of nitrogens with zero attached hydrogens (tertiary/aromatic N) is 3. The number of nitrogens with one attached hydrogen (secondary N) is 2. The van der Waals surface area contributed by atoms with E-state index in [1.807, 2.05) is 20.9 Å². The van der Waals surface area contributed by atoms with Gasteiger partial charge in [0.2, 0.25) is 0 Å². The number of ether oxygens (including phenoxy) is 1. The summed E-state index contributed by atoms with van der Waals surface area (Å²) in [6.45, 7) is 3.82. The van der Waals surface area contributed by atoms with Crippen LogP contribution in [0.5, 0.6) is 5.75 Å². The highest BCUT2D eigenvalue weighted by molar-refractivity contribution is 6.03. The second-order valence-corrected chi connectivity index (χ2v) is 5.64. The average Bonchev–Trinajstić information content (AvgIpc) is 3.13. The van der Waals surface area contributed by atoms with Gasteiger partial charge >= 0.3 is 0 Å². The summed E-state index contributed by atoms with van der Waals surface area (Å²) in [4.78, 5) is 12.3. The molecule has 7 nitrogen and oxygen atoms in total. The number of halogens is 1. The van der Waals surface area contributed by atoms with Crippen molar-refractivity contribution in [3.8, 4) is 17.0 Å². The van der Waals surface area contributed by atoms with Crippen LogP contribution in [-0.2, 0) is 7.05 Å². The van der Waals surface area contributed by atoms with E-state index in [-0.39, 0.29) is 11.4 Å². The molecule has 2 aromatic heterocycles. The highest BCUT2D eigenvalue weighted by Crippen LogP contribution is 2.26. The molecule has 2 heterocycles. The number of methoxy groups -OCH3 is 1. The summed E-state index contributed by atoms with van der Waals surface area (Å²) < 4.78 is 20.3. The van der Waals surface area contributed by atoms with E-state index in [1.54, 1.807) is 16.8 Å². The van der Waals surface area contributed by atoms with Crippen LogP contribution in [0.15, 0.2) is 24.3 Å². The van der Waals surface area contributed by atoms with Gasteiger partial charge < -0.3 is 10.1 Å². The summed E-state index contributed by atoms with van der Waals surface area (Å²) in [6.07, 6.45) is 0. The maximum Gasteiger partial charge on any atom is 0.273 e. The molecule has 1 amide bonds. The summed E-state index contributed by atoms with van der Waals surface area (Å²) in [7, 11) is 3.23. The van der Waals surface area contributed by atoms with Gasteiger partial charge in [-0.3, -0.25) is 14.6 Å².